The Balaban J connectivity index is 1.77. The van der Waals surface area contributed by atoms with Crippen molar-refractivity contribution in [2.75, 3.05) is 33.4 Å². The van der Waals surface area contributed by atoms with Crippen LogP contribution in [0.2, 0.25) is 0 Å². The molecule has 0 amide bonds. The molecule has 5 heteroatoms. The van der Waals surface area contributed by atoms with Crippen LogP contribution in [0.4, 0.5) is 0 Å². The van der Waals surface area contributed by atoms with Crippen molar-refractivity contribution in [3.63, 3.8) is 0 Å². The van der Waals surface area contributed by atoms with Gasteiger partial charge in [0.2, 0.25) is 0 Å². The number of rotatable bonds is 5. The maximum absolute atomic E-state index is 12.5. The van der Waals surface area contributed by atoms with Crippen LogP contribution in [0.15, 0.2) is 48.6 Å². The minimum atomic E-state index is -0.280. The first-order valence-corrected chi connectivity index (χ1v) is 13.7. The lowest BCUT2D eigenvalue weighted by molar-refractivity contribution is 0.0136. The summed E-state index contributed by atoms with van der Waals surface area (Å²) in [4.78, 5) is 15.1. The molecule has 3 heterocycles. The molecular formula is C31H40N2O3. The quantitative estimate of drug-likeness (QED) is 0.357. The Bertz CT molecular complexity index is 1170. The van der Waals surface area contributed by atoms with Gasteiger partial charge in [-0.2, -0.15) is 0 Å². The monoisotopic (exact) mass is 488 g/mol. The minimum Gasteiger partial charge on any atom is -0.465 e. The van der Waals surface area contributed by atoms with E-state index in [9.17, 15) is 4.79 Å². The van der Waals surface area contributed by atoms with Crippen LogP contribution in [0.25, 0.3) is 16.5 Å². The van der Waals surface area contributed by atoms with Gasteiger partial charge in [-0.3, -0.25) is 4.90 Å². The van der Waals surface area contributed by atoms with Gasteiger partial charge in [0.25, 0.3) is 0 Å². The maximum atomic E-state index is 12.5. The van der Waals surface area contributed by atoms with Crippen LogP contribution in [0.3, 0.4) is 0 Å². The van der Waals surface area contributed by atoms with Crippen molar-refractivity contribution in [3.05, 3.63) is 65.4 Å². The second-order valence-electron chi connectivity index (χ2n) is 10.4. The summed E-state index contributed by atoms with van der Waals surface area (Å²) in [7, 11) is 1.46. The van der Waals surface area contributed by atoms with Gasteiger partial charge in [0, 0.05) is 42.2 Å². The Hall–Kier alpha value is -2.63. The summed E-state index contributed by atoms with van der Waals surface area (Å²) in [5.41, 5.74) is 7.18. The summed E-state index contributed by atoms with van der Waals surface area (Å²) >= 11 is 0. The van der Waals surface area contributed by atoms with E-state index in [0.29, 0.717) is 17.5 Å². The number of aromatic nitrogens is 1. The molecule has 2 fully saturated rings. The van der Waals surface area contributed by atoms with E-state index < -0.39 is 0 Å². The summed E-state index contributed by atoms with van der Waals surface area (Å²) in [5, 5.41) is 1.29. The second-order valence-corrected chi connectivity index (χ2v) is 10.4. The third-order valence-electron chi connectivity index (χ3n) is 8.38. The van der Waals surface area contributed by atoms with Crippen molar-refractivity contribution in [3.8, 4) is 0 Å². The average molecular weight is 489 g/mol. The fourth-order valence-corrected chi connectivity index (χ4v) is 6.61. The van der Waals surface area contributed by atoms with E-state index in [2.05, 4.69) is 53.3 Å². The molecule has 1 aliphatic carbocycles. The molecule has 1 atom stereocenters. The summed E-state index contributed by atoms with van der Waals surface area (Å²) in [5.74, 6) is 0.249. The van der Waals surface area contributed by atoms with Crippen LogP contribution in [0.1, 0.15) is 79.4 Å². The highest BCUT2D eigenvalue weighted by Crippen LogP contribution is 2.45. The SMILES string of the molecule is C=CC1=C(/C=C\C)c2c(C3CCCCCC3)c3ccc(C(=O)OC)cc3n2CC(N2CCOCC2)C1. The van der Waals surface area contributed by atoms with Crippen LogP contribution < -0.4 is 0 Å². The molecule has 1 unspecified atom stereocenters. The maximum Gasteiger partial charge on any atom is 0.337 e. The number of methoxy groups -OCH3 is 1. The largest absolute Gasteiger partial charge is 0.465 e. The number of allylic oxidation sites excluding steroid dienone is 4. The molecule has 1 saturated heterocycles. The van der Waals surface area contributed by atoms with Crippen LogP contribution in [0.5, 0.6) is 0 Å². The molecule has 0 radical (unpaired) electrons. The van der Waals surface area contributed by atoms with Gasteiger partial charge < -0.3 is 14.0 Å². The van der Waals surface area contributed by atoms with E-state index in [4.69, 9.17) is 9.47 Å². The molecule has 5 rings (SSSR count). The van der Waals surface area contributed by atoms with E-state index in [1.807, 2.05) is 6.07 Å². The molecule has 2 aliphatic heterocycles. The molecule has 1 aromatic carbocycles. The lowest BCUT2D eigenvalue weighted by Gasteiger charge is -2.34. The zero-order valence-electron chi connectivity index (χ0n) is 21.9. The summed E-state index contributed by atoms with van der Waals surface area (Å²) in [6, 6.07) is 6.53. The first-order chi connectivity index (χ1) is 17.7. The van der Waals surface area contributed by atoms with Gasteiger partial charge in [-0.25, -0.2) is 4.79 Å². The van der Waals surface area contributed by atoms with E-state index in [1.165, 1.54) is 73.4 Å². The third-order valence-corrected chi connectivity index (χ3v) is 8.38. The topological polar surface area (TPSA) is 43.7 Å². The number of morpholine rings is 1. The summed E-state index contributed by atoms with van der Waals surface area (Å²) in [6.45, 7) is 10.7. The molecule has 0 spiro atoms. The standard InChI is InChI=1S/C31H40N2O3/c1-4-10-26-22(5-2)19-25(32-15-17-36-18-16-32)21-33-28-20-24(31(34)35-3)13-14-27(28)29(30(26)33)23-11-8-6-7-9-12-23/h4-5,10,13-14,20,23,25H,2,6-9,11-12,15-19,21H2,1,3H3/b10-4-. The van der Waals surface area contributed by atoms with Gasteiger partial charge in [0.1, 0.15) is 0 Å². The molecule has 36 heavy (non-hydrogen) atoms. The summed E-state index contributed by atoms with van der Waals surface area (Å²) < 4.78 is 13.3. The normalized spacial score (nSPS) is 22.4. The minimum absolute atomic E-state index is 0.280. The number of fused-ring (bicyclic) bond motifs is 3. The first-order valence-electron chi connectivity index (χ1n) is 13.7. The van der Waals surface area contributed by atoms with E-state index in [-0.39, 0.29) is 5.97 Å². The molecule has 192 valence electrons. The van der Waals surface area contributed by atoms with Gasteiger partial charge in [0.05, 0.1) is 31.6 Å². The smallest absolute Gasteiger partial charge is 0.337 e. The Morgan fingerprint density at radius 2 is 1.89 bits per heavy atom. The van der Waals surface area contributed by atoms with Crippen molar-refractivity contribution in [1.82, 2.24) is 9.47 Å². The average Bonchev–Trinajstić information content (AvgIpc) is 3.09. The molecular weight excluding hydrogens is 448 g/mol. The highest BCUT2D eigenvalue weighted by molar-refractivity contribution is 5.99. The van der Waals surface area contributed by atoms with Gasteiger partial charge in [-0.05, 0) is 55.4 Å². The molecule has 1 aromatic heterocycles. The van der Waals surface area contributed by atoms with Crippen LogP contribution >= 0.6 is 0 Å². The van der Waals surface area contributed by atoms with Crippen molar-refractivity contribution >= 4 is 22.4 Å². The molecule has 0 bridgehead atoms. The van der Waals surface area contributed by atoms with Gasteiger partial charge in [0.15, 0.2) is 0 Å². The van der Waals surface area contributed by atoms with Crippen molar-refractivity contribution in [2.45, 2.75) is 70.4 Å². The highest BCUT2D eigenvalue weighted by atomic mass is 16.5. The lowest BCUT2D eigenvalue weighted by atomic mass is 9.86. The van der Waals surface area contributed by atoms with E-state index in [1.54, 1.807) is 0 Å². The predicted molar refractivity (Wildman–Crippen MR) is 146 cm³/mol. The van der Waals surface area contributed by atoms with Crippen molar-refractivity contribution in [1.29, 1.82) is 0 Å². The number of benzene rings is 1. The zero-order valence-corrected chi connectivity index (χ0v) is 21.9. The Kier molecular flexibility index (Phi) is 7.78. The van der Waals surface area contributed by atoms with Crippen molar-refractivity contribution < 1.29 is 14.3 Å². The van der Waals surface area contributed by atoms with E-state index in [0.717, 1.165) is 44.8 Å². The zero-order chi connectivity index (χ0) is 25.1. The van der Waals surface area contributed by atoms with Gasteiger partial charge in [-0.1, -0.05) is 56.6 Å². The molecule has 2 aromatic rings. The number of nitrogens with zero attached hydrogens (tertiary/aromatic N) is 2. The number of ether oxygens (including phenoxy) is 2. The number of hydrogen-bond donors (Lipinski definition) is 0. The summed E-state index contributed by atoms with van der Waals surface area (Å²) in [6.07, 6.45) is 15.2. The third kappa shape index (κ3) is 4.71. The Morgan fingerprint density at radius 3 is 2.56 bits per heavy atom. The second kappa shape index (κ2) is 11.2. The van der Waals surface area contributed by atoms with Gasteiger partial charge in [-0.15, -0.1) is 0 Å². The van der Waals surface area contributed by atoms with E-state index >= 15 is 0 Å². The Morgan fingerprint density at radius 1 is 1.14 bits per heavy atom. The predicted octanol–water partition coefficient (Wildman–Crippen LogP) is 6.49. The van der Waals surface area contributed by atoms with Crippen LogP contribution in [-0.2, 0) is 16.0 Å². The molecule has 5 nitrogen and oxygen atoms in total. The highest BCUT2D eigenvalue weighted by Gasteiger charge is 2.33. The molecule has 0 N–H and O–H groups in total. The number of carbonyl (C=O) groups is 1. The number of carbonyl (C=O) groups excluding carboxylic acids is 1. The Labute approximate surface area is 215 Å². The molecule has 3 aliphatic rings. The lowest BCUT2D eigenvalue weighted by Crippen LogP contribution is -2.45. The number of esters is 1. The number of hydrogen-bond acceptors (Lipinski definition) is 4. The fraction of sp³-hybridized carbons (Fsp3) is 0.516. The van der Waals surface area contributed by atoms with Gasteiger partial charge >= 0.3 is 5.97 Å². The fourth-order valence-electron chi connectivity index (χ4n) is 6.61. The van der Waals surface area contributed by atoms with Crippen LogP contribution in [-0.4, -0.2) is 54.9 Å². The van der Waals surface area contributed by atoms with Crippen LogP contribution in [0, 0.1) is 0 Å². The first kappa shape index (κ1) is 25.0. The molecule has 1 saturated carbocycles. The van der Waals surface area contributed by atoms with Crippen molar-refractivity contribution in [2.24, 2.45) is 0 Å².